The first-order chi connectivity index (χ1) is 16.0. The number of likely N-dealkylation sites (tertiary alicyclic amines) is 1. The van der Waals surface area contributed by atoms with E-state index in [0.29, 0.717) is 41.0 Å². The summed E-state index contributed by atoms with van der Waals surface area (Å²) in [6.45, 7) is 3.26. The number of ether oxygens (including phenoxy) is 2. The summed E-state index contributed by atoms with van der Waals surface area (Å²) in [6, 6.07) is 11.0. The Hall–Kier alpha value is -3.46. The smallest absolute Gasteiger partial charge is 0.241 e. The maximum Gasteiger partial charge on any atom is 0.241 e. The molecule has 1 aliphatic rings. The van der Waals surface area contributed by atoms with Crippen LogP contribution in [0.1, 0.15) is 31.6 Å². The Morgan fingerprint density at radius 1 is 1.24 bits per heavy atom. The van der Waals surface area contributed by atoms with Crippen LogP contribution in [0.5, 0.6) is 11.5 Å². The van der Waals surface area contributed by atoms with Gasteiger partial charge in [0.1, 0.15) is 17.3 Å². The predicted molar refractivity (Wildman–Crippen MR) is 121 cm³/mol. The number of carbonyl (C=O) groups excluding carboxylic acids is 1. The molecule has 33 heavy (non-hydrogen) atoms. The standard InChI is InChI=1S/C24H27FN4O4/c1-15(23(30)26-20-13-19(31-2)9-10-21(20)32-3)29-11-5-7-17(14-29)24-27-22(28-33-24)16-6-4-8-18(25)12-16/h4,6,8-10,12-13,15,17H,5,7,11,14H2,1-3H3,(H,26,30). The molecule has 1 aliphatic heterocycles. The third kappa shape index (κ3) is 5.14. The first-order valence-electron chi connectivity index (χ1n) is 10.8. The van der Waals surface area contributed by atoms with E-state index < -0.39 is 0 Å². The Kier molecular flexibility index (Phi) is 6.88. The van der Waals surface area contributed by atoms with Gasteiger partial charge in [-0.2, -0.15) is 4.98 Å². The van der Waals surface area contributed by atoms with Crippen LogP contribution in [0, 0.1) is 5.82 Å². The fraction of sp³-hybridized carbons (Fsp3) is 0.375. The average molecular weight is 455 g/mol. The molecule has 2 unspecified atom stereocenters. The van der Waals surface area contributed by atoms with E-state index in [1.807, 2.05) is 6.92 Å². The van der Waals surface area contributed by atoms with Crippen LogP contribution in [-0.4, -0.2) is 54.3 Å². The molecule has 174 valence electrons. The predicted octanol–water partition coefficient (Wildman–Crippen LogP) is 4.10. The lowest BCUT2D eigenvalue weighted by Crippen LogP contribution is -2.46. The van der Waals surface area contributed by atoms with E-state index in [9.17, 15) is 9.18 Å². The van der Waals surface area contributed by atoms with Gasteiger partial charge in [0.2, 0.25) is 17.6 Å². The van der Waals surface area contributed by atoms with Crippen LogP contribution in [0.3, 0.4) is 0 Å². The molecule has 0 spiro atoms. The summed E-state index contributed by atoms with van der Waals surface area (Å²) in [7, 11) is 3.12. The van der Waals surface area contributed by atoms with Gasteiger partial charge in [0.25, 0.3) is 0 Å². The number of methoxy groups -OCH3 is 2. The second-order valence-electron chi connectivity index (χ2n) is 8.03. The zero-order valence-corrected chi connectivity index (χ0v) is 18.9. The monoisotopic (exact) mass is 454 g/mol. The molecule has 2 heterocycles. The molecule has 0 bridgehead atoms. The van der Waals surface area contributed by atoms with Crippen molar-refractivity contribution in [1.82, 2.24) is 15.0 Å². The maximum absolute atomic E-state index is 13.5. The third-order valence-corrected chi connectivity index (χ3v) is 5.92. The highest BCUT2D eigenvalue weighted by Gasteiger charge is 2.31. The van der Waals surface area contributed by atoms with Gasteiger partial charge >= 0.3 is 0 Å². The summed E-state index contributed by atoms with van der Waals surface area (Å²) in [6.07, 6.45) is 1.77. The van der Waals surface area contributed by atoms with Gasteiger partial charge in [0.15, 0.2) is 0 Å². The maximum atomic E-state index is 13.5. The minimum atomic E-state index is -0.380. The van der Waals surface area contributed by atoms with E-state index in [1.54, 1.807) is 44.6 Å². The number of carbonyl (C=O) groups is 1. The number of nitrogens with one attached hydrogen (secondary N) is 1. The zero-order chi connectivity index (χ0) is 23.4. The van der Waals surface area contributed by atoms with Crippen molar-refractivity contribution in [2.75, 3.05) is 32.6 Å². The van der Waals surface area contributed by atoms with E-state index in [0.717, 1.165) is 19.4 Å². The fourth-order valence-corrected chi connectivity index (χ4v) is 4.02. The number of hydrogen-bond acceptors (Lipinski definition) is 7. The molecule has 8 nitrogen and oxygen atoms in total. The quantitative estimate of drug-likeness (QED) is 0.575. The molecule has 4 rings (SSSR count). The van der Waals surface area contributed by atoms with Crippen molar-refractivity contribution in [2.24, 2.45) is 0 Å². The number of aromatic nitrogens is 2. The number of anilines is 1. The number of amides is 1. The lowest BCUT2D eigenvalue weighted by molar-refractivity contribution is -0.121. The van der Waals surface area contributed by atoms with Gasteiger partial charge in [-0.1, -0.05) is 17.3 Å². The summed E-state index contributed by atoms with van der Waals surface area (Å²) >= 11 is 0. The summed E-state index contributed by atoms with van der Waals surface area (Å²) in [5.74, 6) is 1.54. The zero-order valence-electron chi connectivity index (χ0n) is 18.9. The number of piperidine rings is 1. The summed E-state index contributed by atoms with van der Waals surface area (Å²) < 4.78 is 29.6. The van der Waals surface area contributed by atoms with E-state index in [-0.39, 0.29) is 23.7 Å². The van der Waals surface area contributed by atoms with Crippen LogP contribution in [0.15, 0.2) is 47.0 Å². The first-order valence-corrected chi connectivity index (χ1v) is 10.8. The van der Waals surface area contributed by atoms with E-state index in [1.165, 1.54) is 12.1 Å². The molecule has 0 aliphatic carbocycles. The van der Waals surface area contributed by atoms with Crippen molar-refractivity contribution in [3.8, 4) is 22.9 Å². The number of benzene rings is 2. The lowest BCUT2D eigenvalue weighted by Gasteiger charge is -2.34. The highest BCUT2D eigenvalue weighted by Crippen LogP contribution is 2.31. The lowest BCUT2D eigenvalue weighted by atomic mass is 9.96. The van der Waals surface area contributed by atoms with Gasteiger partial charge in [-0.25, -0.2) is 4.39 Å². The molecule has 1 amide bonds. The summed E-state index contributed by atoms with van der Waals surface area (Å²) in [4.78, 5) is 19.6. The minimum Gasteiger partial charge on any atom is -0.497 e. The molecule has 3 aromatic rings. The molecule has 0 radical (unpaired) electrons. The summed E-state index contributed by atoms with van der Waals surface area (Å²) in [5.41, 5.74) is 1.12. The average Bonchev–Trinajstić information content (AvgIpc) is 3.34. The van der Waals surface area contributed by atoms with Crippen LogP contribution in [0.25, 0.3) is 11.4 Å². The van der Waals surface area contributed by atoms with Crippen molar-refractivity contribution in [1.29, 1.82) is 0 Å². The van der Waals surface area contributed by atoms with E-state index in [2.05, 4.69) is 20.4 Å². The molecule has 9 heteroatoms. The number of nitrogens with zero attached hydrogens (tertiary/aromatic N) is 3. The van der Waals surface area contributed by atoms with E-state index in [4.69, 9.17) is 14.0 Å². The van der Waals surface area contributed by atoms with Crippen molar-refractivity contribution in [3.05, 3.63) is 54.2 Å². The Bertz CT molecular complexity index is 1120. The van der Waals surface area contributed by atoms with Crippen molar-refractivity contribution >= 4 is 11.6 Å². The molecular weight excluding hydrogens is 427 g/mol. The molecule has 1 fully saturated rings. The highest BCUT2D eigenvalue weighted by molar-refractivity contribution is 5.96. The van der Waals surface area contributed by atoms with Gasteiger partial charge < -0.3 is 19.3 Å². The molecule has 2 atom stereocenters. The molecule has 0 saturated carbocycles. The molecular formula is C24H27FN4O4. The van der Waals surface area contributed by atoms with Crippen molar-refractivity contribution in [2.45, 2.75) is 31.7 Å². The molecule has 1 saturated heterocycles. The SMILES string of the molecule is COc1ccc(OC)c(NC(=O)C(C)N2CCCC(c3nc(-c4cccc(F)c4)no3)C2)c1. The number of rotatable bonds is 7. The van der Waals surface area contributed by atoms with Crippen LogP contribution in [-0.2, 0) is 4.79 Å². The second kappa shape index (κ2) is 9.99. The Labute approximate surface area is 191 Å². The number of halogens is 1. The van der Waals surface area contributed by atoms with Gasteiger partial charge in [-0.05, 0) is 50.6 Å². The second-order valence-corrected chi connectivity index (χ2v) is 8.03. The van der Waals surface area contributed by atoms with Gasteiger partial charge in [0.05, 0.1) is 31.9 Å². The Morgan fingerprint density at radius 3 is 2.85 bits per heavy atom. The van der Waals surface area contributed by atoms with E-state index >= 15 is 0 Å². The first kappa shape index (κ1) is 22.7. The molecule has 2 aromatic carbocycles. The Morgan fingerprint density at radius 2 is 2.09 bits per heavy atom. The van der Waals surface area contributed by atoms with Gasteiger partial charge in [0, 0.05) is 18.2 Å². The van der Waals surface area contributed by atoms with Gasteiger partial charge in [-0.15, -0.1) is 0 Å². The largest absolute Gasteiger partial charge is 0.497 e. The van der Waals surface area contributed by atoms with Crippen molar-refractivity contribution in [3.63, 3.8) is 0 Å². The molecule has 1 aromatic heterocycles. The Balaban J connectivity index is 1.44. The minimum absolute atomic E-state index is 0.00448. The van der Waals surface area contributed by atoms with Crippen molar-refractivity contribution < 1.29 is 23.2 Å². The third-order valence-electron chi connectivity index (χ3n) is 5.92. The summed E-state index contributed by atoms with van der Waals surface area (Å²) in [5, 5.41) is 6.97. The van der Waals surface area contributed by atoms with Crippen LogP contribution < -0.4 is 14.8 Å². The van der Waals surface area contributed by atoms with Crippen LogP contribution in [0.4, 0.5) is 10.1 Å². The van der Waals surface area contributed by atoms with Crippen LogP contribution in [0.2, 0.25) is 0 Å². The topological polar surface area (TPSA) is 89.7 Å². The van der Waals surface area contributed by atoms with Crippen LogP contribution >= 0.6 is 0 Å². The highest BCUT2D eigenvalue weighted by atomic mass is 19.1. The van der Waals surface area contributed by atoms with Gasteiger partial charge in [-0.3, -0.25) is 9.69 Å². The fourth-order valence-electron chi connectivity index (χ4n) is 4.02. The molecule has 1 N–H and O–H groups in total. The number of hydrogen-bond donors (Lipinski definition) is 1. The normalized spacial score (nSPS) is 17.4.